The molecule has 0 bridgehead atoms. The van der Waals surface area contributed by atoms with Crippen LogP contribution in [0.25, 0.3) is 0 Å². The lowest BCUT2D eigenvalue weighted by Gasteiger charge is -2.16. The number of hydrogen-bond donors (Lipinski definition) is 3. The number of furan rings is 1. The number of nitrogens with zero attached hydrogens (tertiary/aromatic N) is 2. The predicted octanol–water partition coefficient (Wildman–Crippen LogP) is 0.441. The van der Waals surface area contributed by atoms with Crippen LogP contribution in [0.1, 0.15) is 5.76 Å². The van der Waals surface area contributed by atoms with Gasteiger partial charge in [0.1, 0.15) is 5.76 Å². The monoisotopic (exact) mass is 223 g/mol. The Labute approximate surface area is 94.9 Å². The van der Waals surface area contributed by atoms with Crippen molar-refractivity contribution in [3.63, 3.8) is 0 Å². The number of nitrogens with one attached hydrogen (secondary N) is 3. The number of guanidine groups is 2. The molecule has 0 fully saturated rings. The molecule has 16 heavy (non-hydrogen) atoms. The fraction of sp³-hybridized carbons (Fsp3) is 0.400. The van der Waals surface area contributed by atoms with Crippen molar-refractivity contribution >= 4 is 11.9 Å². The van der Waals surface area contributed by atoms with E-state index in [0.29, 0.717) is 12.5 Å². The fourth-order valence-electron chi connectivity index (χ4n) is 0.987. The van der Waals surface area contributed by atoms with E-state index in [1.807, 2.05) is 12.1 Å². The summed E-state index contributed by atoms with van der Waals surface area (Å²) in [6.07, 6.45) is 1.62. The molecule has 88 valence electrons. The first kappa shape index (κ1) is 12.1. The van der Waals surface area contributed by atoms with E-state index < -0.39 is 0 Å². The molecule has 0 saturated carbocycles. The molecule has 1 aromatic heterocycles. The summed E-state index contributed by atoms with van der Waals surface area (Å²) in [6, 6.07) is 3.70. The van der Waals surface area contributed by atoms with Crippen LogP contribution in [0, 0.1) is 5.41 Å². The molecule has 0 aliphatic rings. The van der Waals surface area contributed by atoms with Gasteiger partial charge in [-0.1, -0.05) is 0 Å². The van der Waals surface area contributed by atoms with Gasteiger partial charge in [0.25, 0.3) is 0 Å². The highest BCUT2D eigenvalue weighted by Gasteiger charge is 2.03. The van der Waals surface area contributed by atoms with Gasteiger partial charge < -0.3 is 14.6 Å². The smallest absolute Gasteiger partial charge is 0.198 e. The summed E-state index contributed by atoms with van der Waals surface area (Å²) in [5, 5.41) is 13.5. The van der Waals surface area contributed by atoms with E-state index in [1.165, 1.54) is 0 Å². The fourth-order valence-corrected chi connectivity index (χ4v) is 0.987. The van der Waals surface area contributed by atoms with E-state index in [-0.39, 0.29) is 5.96 Å². The Hall–Kier alpha value is -1.98. The standard InChI is InChI=1S/C10H17N5O/c1-12-10(14-9(11)15(2)3)13-7-8-5-4-6-16-8/h4-6H,7H2,1-3H3,(H3,11,12,13,14). The SMILES string of the molecule is C/N=C(/NCc1ccco1)NC(=N)N(C)C. The summed E-state index contributed by atoms with van der Waals surface area (Å²) in [7, 11) is 5.23. The van der Waals surface area contributed by atoms with Crippen molar-refractivity contribution in [3.05, 3.63) is 24.2 Å². The molecular weight excluding hydrogens is 206 g/mol. The second-order valence-electron chi connectivity index (χ2n) is 3.37. The molecule has 0 radical (unpaired) electrons. The normalized spacial score (nSPS) is 11.1. The summed E-state index contributed by atoms with van der Waals surface area (Å²) in [5.74, 6) is 1.63. The molecule has 1 heterocycles. The van der Waals surface area contributed by atoms with E-state index >= 15 is 0 Å². The third kappa shape index (κ3) is 3.64. The minimum Gasteiger partial charge on any atom is -0.467 e. The molecule has 0 atom stereocenters. The van der Waals surface area contributed by atoms with Crippen LogP contribution in [-0.4, -0.2) is 38.0 Å². The molecule has 0 aliphatic heterocycles. The first-order valence-electron chi connectivity index (χ1n) is 4.89. The second-order valence-corrected chi connectivity index (χ2v) is 3.37. The van der Waals surface area contributed by atoms with Crippen LogP contribution in [0.3, 0.4) is 0 Å². The van der Waals surface area contributed by atoms with E-state index in [2.05, 4.69) is 15.6 Å². The molecule has 6 nitrogen and oxygen atoms in total. The lowest BCUT2D eigenvalue weighted by atomic mass is 10.4. The van der Waals surface area contributed by atoms with Crippen LogP contribution in [0.4, 0.5) is 0 Å². The maximum absolute atomic E-state index is 7.60. The van der Waals surface area contributed by atoms with E-state index in [9.17, 15) is 0 Å². The predicted molar refractivity (Wildman–Crippen MR) is 63.5 cm³/mol. The third-order valence-electron chi connectivity index (χ3n) is 1.92. The molecule has 0 amide bonds. The minimum atomic E-state index is 0.271. The highest BCUT2D eigenvalue weighted by atomic mass is 16.3. The second kappa shape index (κ2) is 5.79. The minimum absolute atomic E-state index is 0.271. The van der Waals surface area contributed by atoms with E-state index in [4.69, 9.17) is 9.83 Å². The van der Waals surface area contributed by atoms with Gasteiger partial charge in [0.15, 0.2) is 11.9 Å². The summed E-state index contributed by atoms with van der Waals surface area (Å²) in [4.78, 5) is 5.65. The average Bonchev–Trinajstić information content (AvgIpc) is 2.76. The maximum Gasteiger partial charge on any atom is 0.198 e. The molecule has 1 rings (SSSR count). The molecule has 0 aliphatic carbocycles. The van der Waals surface area contributed by atoms with Crippen molar-refractivity contribution in [1.82, 2.24) is 15.5 Å². The quantitative estimate of drug-likeness (QED) is 0.502. The van der Waals surface area contributed by atoms with Crippen LogP contribution in [0.5, 0.6) is 0 Å². The van der Waals surface area contributed by atoms with Crippen molar-refractivity contribution in [1.29, 1.82) is 5.41 Å². The van der Waals surface area contributed by atoms with Gasteiger partial charge in [0.2, 0.25) is 0 Å². The van der Waals surface area contributed by atoms with Gasteiger partial charge in [-0.3, -0.25) is 15.7 Å². The van der Waals surface area contributed by atoms with Gasteiger partial charge in [0.05, 0.1) is 12.8 Å². The van der Waals surface area contributed by atoms with Crippen molar-refractivity contribution in [3.8, 4) is 0 Å². The summed E-state index contributed by atoms with van der Waals surface area (Å²) < 4.78 is 5.17. The van der Waals surface area contributed by atoms with Gasteiger partial charge in [-0.15, -0.1) is 0 Å². The molecule has 1 aromatic rings. The Morgan fingerprint density at radius 3 is 2.81 bits per heavy atom. The van der Waals surface area contributed by atoms with Gasteiger partial charge in [-0.05, 0) is 12.1 Å². The highest BCUT2D eigenvalue weighted by molar-refractivity contribution is 5.96. The molecule has 0 aromatic carbocycles. The first-order valence-corrected chi connectivity index (χ1v) is 4.89. The zero-order chi connectivity index (χ0) is 12.0. The Balaban J connectivity index is 2.42. The maximum atomic E-state index is 7.60. The molecule has 0 saturated heterocycles. The largest absolute Gasteiger partial charge is 0.467 e. The van der Waals surface area contributed by atoms with Crippen molar-refractivity contribution in [2.75, 3.05) is 21.1 Å². The van der Waals surface area contributed by atoms with E-state index in [1.54, 1.807) is 32.3 Å². The van der Waals surface area contributed by atoms with Crippen molar-refractivity contribution in [2.45, 2.75) is 6.54 Å². The Kier molecular flexibility index (Phi) is 4.38. The van der Waals surface area contributed by atoms with Gasteiger partial charge in [0, 0.05) is 21.1 Å². The average molecular weight is 223 g/mol. The number of rotatable bonds is 2. The molecule has 3 N–H and O–H groups in total. The summed E-state index contributed by atoms with van der Waals surface area (Å²) in [6.45, 7) is 0.535. The number of aliphatic imine (C=N–C) groups is 1. The molecule has 0 unspecified atom stereocenters. The molecular formula is C10H17N5O. The van der Waals surface area contributed by atoms with Crippen LogP contribution in [-0.2, 0) is 6.54 Å². The van der Waals surface area contributed by atoms with Crippen LogP contribution >= 0.6 is 0 Å². The van der Waals surface area contributed by atoms with Gasteiger partial charge in [-0.25, -0.2) is 0 Å². The Morgan fingerprint density at radius 2 is 2.31 bits per heavy atom. The Bertz CT molecular complexity index is 355. The van der Waals surface area contributed by atoms with Crippen LogP contribution in [0.15, 0.2) is 27.8 Å². The topological polar surface area (TPSA) is 76.6 Å². The summed E-state index contributed by atoms with van der Waals surface area (Å²) in [5.41, 5.74) is 0. The van der Waals surface area contributed by atoms with Crippen LogP contribution < -0.4 is 10.6 Å². The van der Waals surface area contributed by atoms with Crippen LogP contribution in [0.2, 0.25) is 0 Å². The lowest BCUT2D eigenvalue weighted by molar-refractivity contribution is 0.502. The third-order valence-corrected chi connectivity index (χ3v) is 1.92. The van der Waals surface area contributed by atoms with Crippen molar-refractivity contribution in [2.24, 2.45) is 4.99 Å². The van der Waals surface area contributed by atoms with Gasteiger partial charge in [-0.2, -0.15) is 0 Å². The van der Waals surface area contributed by atoms with E-state index in [0.717, 1.165) is 5.76 Å². The van der Waals surface area contributed by atoms with Crippen molar-refractivity contribution < 1.29 is 4.42 Å². The first-order chi connectivity index (χ1) is 7.63. The zero-order valence-electron chi connectivity index (χ0n) is 9.74. The summed E-state index contributed by atoms with van der Waals surface area (Å²) >= 11 is 0. The molecule has 0 spiro atoms. The highest BCUT2D eigenvalue weighted by Crippen LogP contribution is 1.97. The lowest BCUT2D eigenvalue weighted by Crippen LogP contribution is -2.45. The Morgan fingerprint density at radius 1 is 1.56 bits per heavy atom. The molecule has 6 heteroatoms. The number of hydrogen-bond acceptors (Lipinski definition) is 3. The zero-order valence-corrected chi connectivity index (χ0v) is 9.74. The van der Waals surface area contributed by atoms with Gasteiger partial charge >= 0.3 is 0 Å².